The van der Waals surface area contributed by atoms with Crippen molar-refractivity contribution in [2.75, 3.05) is 0 Å². The molecule has 0 atom stereocenters. The van der Waals surface area contributed by atoms with E-state index in [1.807, 2.05) is 0 Å². The second-order valence-electron chi connectivity index (χ2n) is 14.8. The van der Waals surface area contributed by atoms with Crippen molar-refractivity contribution in [1.29, 1.82) is 0 Å². The van der Waals surface area contributed by atoms with Gasteiger partial charge in [0.1, 0.15) is 0 Å². The quantitative estimate of drug-likeness (QED) is 0.156. The Morgan fingerprint density at radius 2 is 0.554 bits per heavy atom. The third kappa shape index (κ3) is 5.30. The first-order valence-electron chi connectivity index (χ1n) is 19.4. The molecule has 0 heteroatoms. The molecule has 0 aliphatic rings. The van der Waals surface area contributed by atoms with Gasteiger partial charge in [0.05, 0.1) is 0 Å². The van der Waals surface area contributed by atoms with E-state index in [0.717, 1.165) is 0 Å². The fourth-order valence-corrected chi connectivity index (χ4v) is 9.01. The topological polar surface area (TPSA) is 0 Å². The minimum absolute atomic E-state index is 1.21. The molecule has 56 heavy (non-hydrogen) atoms. The summed E-state index contributed by atoms with van der Waals surface area (Å²) in [5, 5.41) is 12.6. The summed E-state index contributed by atoms with van der Waals surface area (Å²) in [4.78, 5) is 0. The predicted octanol–water partition coefficient (Wildman–Crippen LogP) is 15.8. The van der Waals surface area contributed by atoms with Crippen molar-refractivity contribution in [2.45, 2.75) is 0 Å². The van der Waals surface area contributed by atoms with Gasteiger partial charge in [-0.05, 0) is 140 Å². The standard InChI is InChI=1S/C56H36/c1-4-16-37(17-5-1)50-32-40-22-10-11-23-41(40)33-52(50)44-29-31-49-48-30-28-43(51-34-42-24-12-13-25-45(42)46-26-14-15-27-47(46)51)35-53(48)55(38-18-6-2-7-19-38)56(54(49)36-44)39-20-8-3-9-21-39/h1-36H. The SMILES string of the molecule is c1ccc(-c2cc3ccccc3cc2-c2ccc3c(c2)c(-c2ccccc2)c(-c2ccccc2)c2cc(-c4cc5ccccc5c5ccccc45)ccc23)cc1. The molecule has 0 aliphatic carbocycles. The Morgan fingerprint density at radius 3 is 1.11 bits per heavy atom. The smallest absolute Gasteiger partial charge is 0.00201 e. The molecule has 0 amide bonds. The first-order valence-corrected chi connectivity index (χ1v) is 19.4. The number of benzene rings is 11. The molecule has 0 radical (unpaired) electrons. The van der Waals surface area contributed by atoms with Crippen LogP contribution in [0.1, 0.15) is 0 Å². The highest BCUT2D eigenvalue weighted by Gasteiger charge is 2.20. The van der Waals surface area contributed by atoms with Gasteiger partial charge in [-0.1, -0.05) is 188 Å². The van der Waals surface area contributed by atoms with Crippen LogP contribution in [0.15, 0.2) is 218 Å². The van der Waals surface area contributed by atoms with Crippen LogP contribution in [0.4, 0.5) is 0 Å². The van der Waals surface area contributed by atoms with E-state index < -0.39 is 0 Å². The number of fused-ring (bicyclic) bond motifs is 7. The van der Waals surface area contributed by atoms with Crippen molar-refractivity contribution in [1.82, 2.24) is 0 Å². The van der Waals surface area contributed by atoms with Gasteiger partial charge in [0.25, 0.3) is 0 Å². The summed E-state index contributed by atoms with van der Waals surface area (Å²) in [5.41, 5.74) is 12.3. The van der Waals surface area contributed by atoms with E-state index >= 15 is 0 Å². The fraction of sp³-hybridized carbons (Fsp3) is 0. The predicted molar refractivity (Wildman–Crippen MR) is 241 cm³/mol. The first-order chi connectivity index (χ1) is 27.8. The molecule has 0 heterocycles. The van der Waals surface area contributed by atoms with Crippen molar-refractivity contribution in [2.24, 2.45) is 0 Å². The van der Waals surface area contributed by atoms with Gasteiger partial charge in [0.2, 0.25) is 0 Å². The van der Waals surface area contributed by atoms with Crippen LogP contribution in [-0.4, -0.2) is 0 Å². The molecule has 0 N–H and O–H groups in total. The highest BCUT2D eigenvalue weighted by Crippen LogP contribution is 2.48. The van der Waals surface area contributed by atoms with Crippen molar-refractivity contribution in [3.05, 3.63) is 218 Å². The second-order valence-corrected chi connectivity index (χ2v) is 14.8. The zero-order valence-corrected chi connectivity index (χ0v) is 30.8. The summed E-state index contributed by atoms with van der Waals surface area (Å²) in [6.07, 6.45) is 0. The zero-order valence-electron chi connectivity index (χ0n) is 30.8. The lowest BCUT2D eigenvalue weighted by Gasteiger charge is -2.21. The maximum Gasteiger partial charge on any atom is -0.00201 e. The Hall–Kier alpha value is -7.28. The van der Waals surface area contributed by atoms with Gasteiger partial charge in [0.15, 0.2) is 0 Å². The van der Waals surface area contributed by atoms with E-state index in [2.05, 4.69) is 218 Å². The lowest BCUT2D eigenvalue weighted by molar-refractivity contribution is 1.61. The Morgan fingerprint density at radius 1 is 0.179 bits per heavy atom. The van der Waals surface area contributed by atoms with Gasteiger partial charge in [0, 0.05) is 0 Å². The zero-order chi connectivity index (χ0) is 37.0. The molecule has 0 unspecified atom stereocenters. The highest BCUT2D eigenvalue weighted by atomic mass is 14.2. The van der Waals surface area contributed by atoms with Gasteiger partial charge in [-0.2, -0.15) is 0 Å². The maximum absolute atomic E-state index is 2.45. The summed E-state index contributed by atoms with van der Waals surface area (Å²) in [6, 6.07) is 80.5. The molecule has 11 aromatic rings. The van der Waals surface area contributed by atoms with E-state index in [4.69, 9.17) is 0 Å². The Bertz CT molecular complexity index is 3270. The van der Waals surface area contributed by atoms with Crippen molar-refractivity contribution in [3.63, 3.8) is 0 Å². The van der Waals surface area contributed by atoms with E-state index in [0.29, 0.717) is 0 Å². The van der Waals surface area contributed by atoms with E-state index in [1.165, 1.54) is 109 Å². The van der Waals surface area contributed by atoms with E-state index in [1.54, 1.807) is 0 Å². The first kappa shape index (κ1) is 32.2. The molecule has 0 saturated heterocycles. The molecular formula is C56H36. The monoisotopic (exact) mass is 708 g/mol. The Labute approximate surface area is 326 Å². The van der Waals surface area contributed by atoms with Crippen LogP contribution in [0.2, 0.25) is 0 Å². The van der Waals surface area contributed by atoms with Gasteiger partial charge >= 0.3 is 0 Å². The number of hydrogen-bond donors (Lipinski definition) is 0. The molecule has 0 spiro atoms. The average molecular weight is 709 g/mol. The molecule has 0 aromatic heterocycles. The Kier molecular flexibility index (Phi) is 7.60. The van der Waals surface area contributed by atoms with Gasteiger partial charge in [-0.15, -0.1) is 0 Å². The van der Waals surface area contributed by atoms with Crippen LogP contribution >= 0.6 is 0 Å². The summed E-state index contributed by atoms with van der Waals surface area (Å²) in [7, 11) is 0. The van der Waals surface area contributed by atoms with Crippen molar-refractivity contribution in [3.8, 4) is 55.6 Å². The van der Waals surface area contributed by atoms with Crippen LogP contribution < -0.4 is 0 Å². The third-order valence-electron chi connectivity index (χ3n) is 11.6. The molecule has 11 rings (SSSR count). The molecule has 0 nitrogen and oxygen atoms in total. The average Bonchev–Trinajstić information content (AvgIpc) is 3.28. The summed E-state index contributed by atoms with van der Waals surface area (Å²) in [5.74, 6) is 0. The summed E-state index contributed by atoms with van der Waals surface area (Å²) >= 11 is 0. The van der Waals surface area contributed by atoms with Gasteiger partial charge in [-0.25, -0.2) is 0 Å². The molecule has 0 bridgehead atoms. The normalized spacial score (nSPS) is 11.6. The van der Waals surface area contributed by atoms with E-state index in [-0.39, 0.29) is 0 Å². The van der Waals surface area contributed by atoms with Crippen LogP contribution in [0.3, 0.4) is 0 Å². The lowest BCUT2D eigenvalue weighted by Crippen LogP contribution is -1.94. The van der Waals surface area contributed by atoms with Crippen molar-refractivity contribution < 1.29 is 0 Å². The lowest BCUT2D eigenvalue weighted by atomic mass is 9.82. The molecular weight excluding hydrogens is 673 g/mol. The largest absolute Gasteiger partial charge is 0.0622 e. The maximum atomic E-state index is 2.45. The Balaban J connectivity index is 1.25. The summed E-state index contributed by atoms with van der Waals surface area (Å²) in [6.45, 7) is 0. The van der Waals surface area contributed by atoms with Crippen molar-refractivity contribution >= 4 is 53.9 Å². The van der Waals surface area contributed by atoms with Crippen LogP contribution in [-0.2, 0) is 0 Å². The molecule has 0 saturated carbocycles. The van der Waals surface area contributed by atoms with Crippen LogP contribution in [0.5, 0.6) is 0 Å². The van der Waals surface area contributed by atoms with Crippen LogP contribution in [0.25, 0.3) is 109 Å². The molecule has 0 aliphatic heterocycles. The van der Waals surface area contributed by atoms with Gasteiger partial charge in [-0.3, -0.25) is 0 Å². The third-order valence-corrected chi connectivity index (χ3v) is 11.6. The van der Waals surface area contributed by atoms with Gasteiger partial charge < -0.3 is 0 Å². The minimum atomic E-state index is 1.21. The van der Waals surface area contributed by atoms with Crippen LogP contribution in [0, 0.1) is 0 Å². The minimum Gasteiger partial charge on any atom is -0.0622 e. The van der Waals surface area contributed by atoms with E-state index in [9.17, 15) is 0 Å². The fourth-order valence-electron chi connectivity index (χ4n) is 9.01. The molecule has 0 fully saturated rings. The summed E-state index contributed by atoms with van der Waals surface area (Å²) < 4.78 is 0. The number of rotatable bonds is 5. The number of hydrogen-bond acceptors (Lipinski definition) is 0. The highest BCUT2D eigenvalue weighted by molar-refractivity contribution is 6.23. The molecule has 11 aromatic carbocycles. The molecule has 260 valence electrons. The second kappa shape index (κ2) is 13.2.